The highest BCUT2D eigenvalue weighted by atomic mass is 35.5. The molecule has 1 aliphatic rings. The molecule has 1 aliphatic heterocycles. The van der Waals surface area contributed by atoms with Crippen molar-refractivity contribution in [2.45, 2.75) is 26.7 Å². The normalized spacial score (nSPS) is 15.5. The van der Waals surface area contributed by atoms with E-state index in [0.717, 1.165) is 12.1 Å². The number of likely N-dealkylation sites (tertiary alicyclic amines) is 1. The topological polar surface area (TPSA) is 58.4 Å². The molecular weight excluding hydrogens is 321 g/mol. The molecule has 0 spiro atoms. The van der Waals surface area contributed by atoms with Crippen LogP contribution in [-0.2, 0) is 0 Å². The van der Waals surface area contributed by atoms with Crippen LogP contribution in [-0.4, -0.2) is 37.0 Å². The summed E-state index contributed by atoms with van der Waals surface area (Å²) in [6, 6.07) is 5.45. The van der Waals surface area contributed by atoms with Gasteiger partial charge in [-0.25, -0.2) is 0 Å². The first-order valence-electron chi connectivity index (χ1n) is 7.43. The number of hydrogen-bond donors (Lipinski definition) is 2. The lowest BCUT2D eigenvalue weighted by Crippen LogP contribution is -2.34. The monoisotopic (exact) mass is 347 g/mol. The third kappa shape index (κ3) is 6.03. The third-order valence-corrected chi connectivity index (χ3v) is 3.89. The Labute approximate surface area is 145 Å². The second-order valence-electron chi connectivity index (χ2n) is 5.90. The largest absolute Gasteiger partial charge is 0.399 e. The van der Waals surface area contributed by atoms with Gasteiger partial charge in [-0.3, -0.25) is 4.79 Å². The molecule has 0 radical (unpaired) electrons. The SMILES string of the molecule is Cc1ccc(N)cc1C(=O)NCC(C)CN1CCCC1.Cl.Cl. The number of benzene rings is 1. The van der Waals surface area contributed by atoms with Crippen molar-refractivity contribution in [2.24, 2.45) is 5.92 Å². The van der Waals surface area contributed by atoms with Crippen LogP contribution < -0.4 is 11.1 Å². The maximum atomic E-state index is 12.2. The number of hydrogen-bond acceptors (Lipinski definition) is 3. The first-order valence-corrected chi connectivity index (χ1v) is 7.43. The molecule has 1 amide bonds. The number of halogens is 2. The number of nitrogens with zero attached hydrogens (tertiary/aromatic N) is 1. The van der Waals surface area contributed by atoms with Crippen molar-refractivity contribution in [3.05, 3.63) is 29.3 Å². The van der Waals surface area contributed by atoms with E-state index in [9.17, 15) is 4.79 Å². The molecule has 2 rings (SSSR count). The van der Waals surface area contributed by atoms with Crippen LogP contribution in [0.1, 0.15) is 35.7 Å². The molecule has 0 saturated carbocycles. The lowest BCUT2D eigenvalue weighted by Gasteiger charge is -2.20. The van der Waals surface area contributed by atoms with Crippen LogP contribution in [0.15, 0.2) is 18.2 Å². The van der Waals surface area contributed by atoms with Crippen molar-refractivity contribution in [1.82, 2.24) is 10.2 Å². The Morgan fingerprint density at radius 2 is 1.95 bits per heavy atom. The minimum absolute atomic E-state index is 0. The number of carbonyl (C=O) groups excluding carboxylic acids is 1. The fourth-order valence-corrected chi connectivity index (χ4v) is 2.72. The highest BCUT2D eigenvalue weighted by Gasteiger charge is 2.16. The van der Waals surface area contributed by atoms with E-state index in [2.05, 4.69) is 17.1 Å². The standard InChI is InChI=1S/C16H25N3O.2ClH/c1-12(11-19-7-3-4-8-19)10-18-16(20)15-9-14(17)6-5-13(15)2;;/h5-6,9,12H,3-4,7-8,10-11,17H2,1-2H3,(H,18,20);2*1H. The summed E-state index contributed by atoms with van der Waals surface area (Å²) >= 11 is 0. The molecule has 1 aromatic carbocycles. The molecule has 0 aliphatic carbocycles. The number of nitrogens with two attached hydrogens (primary N) is 1. The van der Waals surface area contributed by atoms with Crippen LogP contribution in [0.3, 0.4) is 0 Å². The molecule has 6 heteroatoms. The molecule has 126 valence electrons. The zero-order chi connectivity index (χ0) is 14.5. The molecule has 1 atom stereocenters. The number of anilines is 1. The molecule has 1 heterocycles. The summed E-state index contributed by atoms with van der Waals surface area (Å²) in [4.78, 5) is 14.7. The minimum Gasteiger partial charge on any atom is -0.399 e. The molecule has 1 saturated heterocycles. The Kier molecular flexibility index (Phi) is 9.49. The lowest BCUT2D eigenvalue weighted by atomic mass is 10.1. The van der Waals surface area contributed by atoms with E-state index in [1.54, 1.807) is 6.07 Å². The van der Waals surface area contributed by atoms with Crippen molar-refractivity contribution in [3.63, 3.8) is 0 Å². The molecule has 22 heavy (non-hydrogen) atoms. The van der Waals surface area contributed by atoms with Crippen molar-refractivity contribution in [3.8, 4) is 0 Å². The molecule has 3 N–H and O–H groups in total. The van der Waals surface area contributed by atoms with E-state index < -0.39 is 0 Å². The second kappa shape index (κ2) is 9.93. The predicted octanol–water partition coefficient (Wildman–Crippen LogP) is 2.88. The van der Waals surface area contributed by atoms with Gasteiger partial charge in [0.15, 0.2) is 0 Å². The fraction of sp³-hybridized carbons (Fsp3) is 0.562. The highest BCUT2D eigenvalue weighted by Crippen LogP contribution is 2.13. The Morgan fingerprint density at radius 3 is 2.59 bits per heavy atom. The van der Waals surface area contributed by atoms with Crippen molar-refractivity contribution < 1.29 is 4.79 Å². The van der Waals surface area contributed by atoms with Gasteiger partial charge < -0.3 is 16.0 Å². The second-order valence-corrected chi connectivity index (χ2v) is 5.90. The van der Waals surface area contributed by atoms with Gasteiger partial charge in [0.05, 0.1) is 0 Å². The van der Waals surface area contributed by atoms with Crippen molar-refractivity contribution >= 4 is 36.4 Å². The van der Waals surface area contributed by atoms with E-state index in [4.69, 9.17) is 5.73 Å². The summed E-state index contributed by atoms with van der Waals surface area (Å²) in [5, 5.41) is 3.02. The molecule has 0 aromatic heterocycles. The maximum Gasteiger partial charge on any atom is 0.251 e. The van der Waals surface area contributed by atoms with Crippen LogP contribution >= 0.6 is 24.8 Å². The van der Waals surface area contributed by atoms with Crippen molar-refractivity contribution in [1.29, 1.82) is 0 Å². The van der Waals surface area contributed by atoms with E-state index in [0.29, 0.717) is 23.7 Å². The zero-order valence-electron chi connectivity index (χ0n) is 13.3. The van der Waals surface area contributed by atoms with Gasteiger partial charge in [-0.15, -0.1) is 24.8 Å². The van der Waals surface area contributed by atoms with Crippen LogP contribution in [0.25, 0.3) is 0 Å². The van der Waals surface area contributed by atoms with Gasteiger partial charge in [0.1, 0.15) is 0 Å². The Hall–Kier alpha value is -0.970. The first kappa shape index (κ1) is 21.0. The number of aryl methyl sites for hydroxylation is 1. The van der Waals surface area contributed by atoms with Gasteiger partial charge in [-0.1, -0.05) is 13.0 Å². The average molecular weight is 348 g/mol. The smallest absolute Gasteiger partial charge is 0.251 e. The van der Waals surface area contributed by atoms with E-state index in [-0.39, 0.29) is 30.7 Å². The van der Waals surface area contributed by atoms with Crippen LogP contribution in [0, 0.1) is 12.8 Å². The van der Waals surface area contributed by atoms with E-state index in [1.807, 2.05) is 19.1 Å². The Bertz CT molecular complexity index is 476. The first-order chi connectivity index (χ1) is 9.56. The number of rotatable bonds is 5. The van der Waals surface area contributed by atoms with Crippen LogP contribution in [0.5, 0.6) is 0 Å². The fourth-order valence-electron chi connectivity index (χ4n) is 2.72. The summed E-state index contributed by atoms with van der Waals surface area (Å²) in [6.07, 6.45) is 2.61. The third-order valence-electron chi connectivity index (χ3n) is 3.89. The van der Waals surface area contributed by atoms with Crippen LogP contribution in [0.4, 0.5) is 5.69 Å². The summed E-state index contributed by atoms with van der Waals surface area (Å²) < 4.78 is 0. The van der Waals surface area contributed by atoms with Gasteiger partial charge in [0.25, 0.3) is 5.91 Å². The average Bonchev–Trinajstić information content (AvgIpc) is 2.91. The minimum atomic E-state index is -0.0249. The van der Waals surface area contributed by atoms with Gasteiger partial charge in [-0.05, 0) is 56.5 Å². The van der Waals surface area contributed by atoms with Gasteiger partial charge in [-0.2, -0.15) is 0 Å². The quantitative estimate of drug-likeness (QED) is 0.805. The van der Waals surface area contributed by atoms with Gasteiger partial charge in [0.2, 0.25) is 0 Å². The number of carbonyl (C=O) groups is 1. The predicted molar refractivity (Wildman–Crippen MR) is 97.3 cm³/mol. The van der Waals surface area contributed by atoms with E-state index in [1.165, 1.54) is 25.9 Å². The molecular formula is C16H27Cl2N3O. The van der Waals surface area contributed by atoms with Gasteiger partial charge in [0, 0.05) is 24.3 Å². The summed E-state index contributed by atoms with van der Waals surface area (Å²) in [5.74, 6) is 0.446. The Balaban J connectivity index is 0.00000220. The van der Waals surface area contributed by atoms with Gasteiger partial charge >= 0.3 is 0 Å². The summed E-state index contributed by atoms with van der Waals surface area (Å²) in [7, 11) is 0. The van der Waals surface area contributed by atoms with Crippen LogP contribution in [0.2, 0.25) is 0 Å². The van der Waals surface area contributed by atoms with Crippen molar-refractivity contribution in [2.75, 3.05) is 31.9 Å². The highest BCUT2D eigenvalue weighted by molar-refractivity contribution is 5.96. The maximum absolute atomic E-state index is 12.2. The molecule has 4 nitrogen and oxygen atoms in total. The number of nitrogens with one attached hydrogen (secondary N) is 1. The summed E-state index contributed by atoms with van der Waals surface area (Å²) in [6.45, 7) is 8.30. The van der Waals surface area contributed by atoms with E-state index >= 15 is 0 Å². The summed E-state index contributed by atoms with van der Waals surface area (Å²) in [5.41, 5.74) is 8.01. The zero-order valence-corrected chi connectivity index (χ0v) is 14.9. The molecule has 1 fully saturated rings. The number of amides is 1. The molecule has 0 bridgehead atoms. The molecule has 1 aromatic rings. The number of nitrogen functional groups attached to an aromatic ring is 1. The molecule has 1 unspecified atom stereocenters. The lowest BCUT2D eigenvalue weighted by molar-refractivity contribution is 0.0944. The Morgan fingerprint density at radius 1 is 1.32 bits per heavy atom.